The molecular formula is C29H48N5O11P. The Morgan fingerprint density at radius 3 is 1.91 bits per heavy atom. The standard InChI is InChI=1S/C29H48N5O11P/c1-39-26(36)20-32-10-8-31(19-25(35)18-30-28(38)42-17-16-41-22-24-6-4-3-5-7-24)9-11-33(21-27(37)40-2)13-15-34(14-12-32)23-46-43-29(44-46)45-46/h3-7,25,29,35,46H,8-23H2,1-2H3,(H,30,38). The Kier molecular flexibility index (Phi) is 14.8. The summed E-state index contributed by atoms with van der Waals surface area (Å²) in [6.45, 7) is 5.19. The molecule has 1 amide bonds. The number of aliphatic hydroxyl groups excluding tert-OH is 1. The van der Waals surface area contributed by atoms with E-state index in [-0.39, 0.29) is 51.3 Å². The van der Waals surface area contributed by atoms with Crippen molar-refractivity contribution in [2.45, 2.75) is 19.2 Å². The molecule has 2 N–H and O–H groups in total. The van der Waals surface area contributed by atoms with Crippen molar-refractivity contribution >= 4 is 26.0 Å². The van der Waals surface area contributed by atoms with Crippen LogP contribution in [0.4, 0.5) is 4.79 Å². The van der Waals surface area contributed by atoms with Gasteiger partial charge in [-0.2, -0.15) is 0 Å². The van der Waals surface area contributed by atoms with Crippen LogP contribution in [-0.4, -0.2) is 168 Å². The van der Waals surface area contributed by atoms with E-state index in [2.05, 4.69) is 10.2 Å². The topological polar surface area (TPSA) is 161 Å². The summed E-state index contributed by atoms with van der Waals surface area (Å²) in [5.74, 6) is -0.682. The molecule has 4 aliphatic rings. The minimum atomic E-state index is -2.60. The molecule has 260 valence electrons. The predicted molar refractivity (Wildman–Crippen MR) is 167 cm³/mol. The summed E-state index contributed by atoms with van der Waals surface area (Å²) in [6.07, 6.45) is -1.00. The van der Waals surface area contributed by atoms with E-state index in [0.717, 1.165) is 5.56 Å². The molecule has 0 aliphatic carbocycles. The van der Waals surface area contributed by atoms with Gasteiger partial charge in [-0.15, -0.1) is 0 Å². The second-order valence-corrected chi connectivity index (χ2v) is 13.7. The van der Waals surface area contributed by atoms with Crippen molar-refractivity contribution in [2.24, 2.45) is 0 Å². The Morgan fingerprint density at radius 2 is 1.39 bits per heavy atom. The first-order valence-corrected chi connectivity index (χ1v) is 17.5. The van der Waals surface area contributed by atoms with Crippen LogP contribution < -0.4 is 5.32 Å². The SMILES string of the molecule is COC(=O)CN1CCN(CC(O)CNC(=O)OCCOCc2ccccc2)CCN(CC(=O)OC)CCN(C[PH]23OC(O2)O3)CC1. The number of nitrogens with zero attached hydrogens (tertiary/aromatic N) is 4. The van der Waals surface area contributed by atoms with Crippen LogP contribution in [0.25, 0.3) is 0 Å². The van der Waals surface area contributed by atoms with E-state index < -0.39 is 26.6 Å². The Balaban J connectivity index is 1.26. The number of alkyl carbamates (subject to hydrolysis) is 1. The van der Waals surface area contributed by atoms with Crippen LogP contribution in [0.15, 0.2) is 30.3 Å². The maximum atomic E-state index is 12.2. The van der Waals surface area contributed by atoms with Gasteiger partial charge in [-0.25, -0.2) is 4.79 Å². The number of nitrogens with one attached hydrogen (secondary N) is 1. The van der Waals surface area contributed by atoms with Crippen molar-refractivity contribution in [3.05, 3.63) is 35.9 Å². The fourth-order valence-corrected chi connectivity index (χ4v) is 7.17. The van der Waals surface area contributed by atoms with Crippen molar-refractivity contribution in [3.8, 4) is 0 Å². The number of β-amino-alcohol motifs (C(OH)–C–C–N with tert-alkyl or cyclic N) is 1. The molecule has 0 spiro atoms. The van der Waals surface area contributed by atoms with E-state index >= 15 is 0 Å². The zero-order chi connectivity index (χ0) is 32.8. The number of rotatable bonds is 15. The summed E-state index contributed by atoms with van der Waals surface area (Å²) in [5.41, 5.74) is 1.03. The van der Waals surface area contributed by atoms with Gasteiger partial charge < -0.3 is 9.47 Å². The van der Waals surface area contributed by atoms with E-state index in [4.69, 9.17) is 32.5 Å². The van der Waals surface area contributed by atoms with Crippen LogP contribution >= 0.6 is 7.94 Å². The second kappa shape index (κ2) is 18.7. The van der Waals surface area contributed by atoms with Crippen molar-refractivity contribution < 1.29 is 52.0 Å². The molecule has 5 rings (SSSR count). The van der Waals surface area contributed by atoms with Crippen molar-refractivity contribution in [1.82, 2.24) is 24.9 Å². The van der Waals surface area contributed by atoms with Crippen LogP contribution in [0.3, 0.4) is 0 Å². The number of carbonyl (C=O) groups excluding carboxylic acids is 3. The van der Waals surface area contributed by atoms with E-state index in [0.29, 0.717) is 65.3 Å². The number of hydrogen-bond acceptors (Lipinski definition) is 15. The van der Waals surface area contributed by atoms with Gasteiger partial charge in [0.05, 0.1) is 13.2 Å². The molecule has 0 radical (unpaired) electrons. The zero-order valence-electron chi connectivity index (χ0n) is 26.7. The van der Waals surface area contributed by atoms with Gasteiger partial charge in [-0.3, -0.25) is 0 Å². The number of carbonyl (C=O) groups is 3. The molecule has 17 heteroatoms. The van der Waals surface area contributed by atoms with Gasteiger partial charge in [0.15, 0.2) is 0 Å². The quantitative estimate of drug-likeness (QED) is 0.108. The van der Waals surface area contributed by atoms with Crippen molar-refractivity contribution in [1.29, 1.82) is 0 Å². The van der Waals surface area contributed by atoms with Gasteiger partial charge in [0, 0.05) is 0 Å². The van der Waals surface area contributed by atoms with Gasteiger partial charge >= 0.3 is 200 Å². The number of hydrogen-bond donors (Lipinski definition) is 2. The van der Waals surface area contributed by atoms with E-state index in [1.807, 2.05) is 45.0 Å². The first-order valence-electron chi connectivity index (χ1n) is 15.5. The van der Waals surface area contributed by atoms with Crippen LogP contribution in [0.2, 0.25) is 0 Å². The molecule has 46 heavy (non-hydrogen) atoms. The van der Waals surface area contributed by atoms with Crippen molar-refractivity contribution in [2.75, 3.05) is 112 Å². The van der Waals surface area contributed by atoms with E-state index in [9.17, 15) is 19.5 Å². The van der Waals surface area contributed by atoms with Crippen molar-refractivity contribution in [3.63, 3.8) is 0 Å². The van der Waals surface area contributed by atoms with Crippen LogP contribution in [-0.2, 0) is 48.7 Å². The fraction of sp³-hybridized carbons (Fsp3) is 0.690. The molecular weight excluding hydrogens is 625 g/mol. The normalized spacial score (nSPS) is 22.5. The Hall–Kier alpha value is -2.50. The third kappa shape index (κ3) is 12.3. The molecule has 0 saturated carbocycles. The van der Waals surface area contributed by atoms with Crippen LogP contribution in [0, 0.1) is 0 Å². The third-order valence-electron chi connectivity index (χ3n) is 7.86. The van der Waals surface area contributed by atoms with E-state index in [1.165, 1.54) is 14.2 Å². The minimum absolute atomic E-state index is 0.00831. The molecule has 4 saturated heterocycles. The maximum absolute atomic E-state index is 12.2. The molecule has 1 atom stereocenters. The second-order valence-electron chi connectivity index (χ2n) is 11.3. The van der Waals surface area contributed by atoms with Gasteiger partial charge in [-0.1, -0.05) is 30.3 Å². The average molecular weight is 674 g/mol. The van der Waals surface area contributed by atoms with Crippen LogP contribution in [0.5, 0.6) is 0 Å². The van der Waals surface area contributed by atoms with E-state index in [1.54, 1.807) is 0 Å². The van der Waals surface area contributed by atoms with Gasteiger partial charge in [0.1, 0.15) is 6.61 Å². The summed E-state index contributed by atoms with van der Waals surface area (Å²) < 4.78 is 37.5. The zero-order valence-corrected chi connectivity index (χ0v) is 27.7. The number of methoxy groups -OCH3 is 2. The predicted octanol–water partition coefficient (Wildman–Crippen LogP) is -0.329. The molecule has 4 aliphatic heterocycles. The molecule has 0 aromatic heterocycles. The van der Waals surface area contributed by atoms with Crippen LogP contribution in [0.1, 0.15) is 5.56 Å². The Morgan fingerprint density at radius 1 is 0.848 bits per heavy atom. The van der Waals surface area contributed by atoms with Gasteiger partial charge in [0.2, 0.25) is 0 Å². The van der Waals surface area contributed by atoms with Gasteiger partial charge in [0.25, 0.3) is 0 Å². The summed E-state index contributed by atoms with van der Waals surface area (Å²) >= 11 is 0. The summed E-state index contributed by atoms with van der Waals surface area (Å²) in [6, 6.07) is 9.70. The first-order chi connectivity index (χ1) is 22.3. The molecule has 1 aromatic carbocycles. The molecule has 2 bridgehead atoms. The monoisotopic (exact) mass is 673 g/mol. The first kappa shape index (κ1) is 36.3. The number of amides is 1. The number of aliphatic hydroxyl groups is 1. The Labute approximate surface area is 270 Å². The Bertz CT molecular complexity index is 1060. The summed E-state index contributed by atoms with van der Waals surface area (Å²) in [7, 11) is 0.124. The molecule has 4 fully saturated rings. The average Bonchev–Trinajstić information content (AvgIpc) is 3.01. The number of ether oxygens (including phenoxy) is 4. The summed E-state index contributed by atoms with van der Waals surface area (Å²) in [5, 5.41) is 13.4. The summed E-state index contributed by atoms with van der Waals surface area (Å²) in [4.78, 5) is 44.8. The third-order valence-corrected chi connectivity index (χ3v) is 10.3. The molecule has 4 heterocycles. The number of esters is 2. The molecule has 1 aromatic rings. The molecule has 16 nitrogen and oxygen atoms in total. The molecule has 1 unspecified atom stereocenters. The van der Waals surface area contributed by atoms with Gasteiger partial charge in [-0.05, 0) is 5.56 Å². The number of benzene rings is 1. The fourth-order valence-electron chi connectivity index (χ4n) is 5.15.